The third kappa shape index (κ3) is 5.30. The Morgan fingerprint density at radius 2 is 2.11 bits per heavy atom. The molecule has 106 valence electrons. The summed E-state index contributed by atoms with van der Waals surface area (Å²) >= 11 is 0. The summed E-state index contributed by atoms with van der Waals surface area (Å²) in [5.41, 5.74) is 1.85. The average molecular weight is 264 g/mol. The van der Waals surface area contributed by atoms with Gasteiger partial charge in [-0.15, -0.1) is 0 Å². The minimum Gasteiger partial charge on any atom is -0.395 e. The van der Waals surface area contributed by atoms with Gasteiger partial charge in [0.25, 0.3) is 0 Å². The highest BCUT2D eigenvalue weighted by molar-refractivity contribution is 5.90. The molecule has 0 unspecified atom stereocenters. The molecule has 2 N–H and O–H groups in total. The normalized spacial score (nSPS) is 10.3. The Kier molecular flexibility index (Phi) is 6.97. The molecule has 0 aromatic heterocycles. The van der Waals surface area contributed by atoms with E-state index in [0.29, 0.717) is 13.0 Å². The fraction of sp³-hybridized carbons (Fsp3) is 0.533. The van der Waals surface area contributed by atoms with Crippen LogP contribution in [0, 0.1) is 0 Å². The van der Waals surface area contributed by atoms with Gasteiger partial charge in [0.1, 0.15) is 0 Å². The quantitative estimate of drug-likeness (QED) is 0.759. The minimum absolute atomic E-state index is 0.0133. The molecule has 0 atom stereocenters. The van der Waals surface area contributed by atoms with Crippen LogP contribution in [0.25, 0.3) is 0 Å². The Balaban J connectivity index is 2.78. The van der Waals surface area contributed by atoms with Crippen LogP contribution in [0.2, 0.25) is 0 Å². The first-order valence-electron chi connectivity index (χ1n) is 6.97. The maximum atomic E-state index is 11.4. The molecule has 0 aliphatic carbocycles. The van der Waals surface area contributed by atoms with Gasteiger partial charge in [-0.3, -0.25) is 4.79 Å². The third-order valence-electron chi connectivity index (χ3n) is 2.97. The van der Waals surface area contributed by atoms with Crippen LogP contribution in [0.4, 0.5) is 11.4 Å². The number of nitrogens with zero attached hydrogens (tertiary/aromatic N) is 1. The molecule has 0 saturated carbocycles. The van der Waals surface area contributed by atoms with Crippen molar-refractivity contribution in [1.82, 2.24) is 0 Å². The van der Waals surface area contributed by atoms with Crippen LogP contribution in [-0.4, -0.2) is 30.7 Å². The zero-order chi connectivity index (χ0) is 14.1. The summed E-state index contributed by atoms with van der Waals surface area (Å²) in [7, 11) is 0. The van der Waals surface area contributed by atoms with Gasteiger partial charge >= 0.3 is 0 Å². The van der Waals surface area contributed by atoms with E-state index in [1.807, 2.05) is 31.2 Å². The first kappa shape index (κ1) is 15.5. The number of hydrogen-bond acceptors (Lipinski definition) is 3. The van der Waals surface area contributed by atoms with Gasteiger partial charge in [0, 0.05) is 30.9 Å². The Morgan fingerprint density at radius 3 is 2.74 bits per heavy atom. The van der Waals surface area contributed by atoms with Gasteiger partial charge in [-0.25, -0.2) is 0 Å². The number of carbonyl (C=O) groups excluding carboxylic acids is 1. The van der Waals surface area contributed by atoms with E-state index in [-0.39, 0.29) is 12.5 Å². The molecule has 0 fully saturated rings. The lowest BCUT2D eigenvalue weighted by molar-refractivity contribution is -0.115. The first-order valence-corrected chi connectivity index (χ1v) is 6.97. The number of rotatable bonds is 8. The number of anilines is 2. The van der Waals surface area contributed by atoms with Crippen molar-refractivity contribution in [2.24, 2.45) is 0 Å². The first-order chi connectivity index (χ1) is 9.21. The predicted molar refractivity (Wildman–Crippen MR) is 79.6 cm³/mol. The van der Waals surface area contributed by atoms with E-state index < -0.39 is 0 Å². The number of aliphatic hydroxyl groups is 1. The van der Waals surface area contributed by atoms with E-state index in [9.17, 15) is 4.79 Å². The highest BCUT2D eigenvalue weighted by Crippen LogP contribution is 2.20. The number of aliphatic hydroxyl groups excluding tert-OH is 1. The molecule has 4 heteroatoms. The zero-order valence-electron chi connectivity index (χ0n) is 11.9. The molecule has 0 bridgehead atoms. The zero-order valence-corrected chi connectivity index (χ0v) is 11.9. The third-order valence-corrected chi connectivity index (χ3v) is 2.97. The number of benzene rings is 1. The van der Waals surface area contributed by atoms with Crippen LogP contribution >= 0.6 is 0 Å². The van der Waals surface area contributed by atoms with E-state index in [4.69, 9.17) is 5.11 Å². The molecule has 0 aliphatic rings. The number of nitrogens with one attached hydrogen (secondary N) is 1. The van der Waals surface area contributed by atoms with Gasteiger partial charge in [-0.1, -0.05) is 26.3 Å². The minimum atomic E-state index is 0.0133. The largest absolute Gasteiger partial charge is 0.395 e. The van der Waals surface area contributed by atoms with Crippen LogP contribution in [0.3, 0.4) is 0 Å². The van der Waals surface area contributed by atoms with Crippen LogP contribution in [-0.2, 0) is 4.79 Å². The van der Waals surface area contributed by atoms with E-state index in [0.717, 1.165) is 30.8 Å². The molecule has 1 rings (SSSR count). The van der Waals surface area contributed by atoms with Crippen molar-refractivity contribution in [3.8, 4) is 0 Å². The van der Waals surface area contributed by atoms with Crippen molar-refractivity contribution in [3.05, 3.63) is 24.3 Å². The highest BCUT2D eigenvalue weighted by Gasteiger charge is 2.07. The van der Waals surface area contributed by atoms with Crippen molar-refractivity contribution in [2.75, 3.05) is 29.9 Å². The molecule has 0 saturated heterocycles. The lowest BCUT2D eigenvalue weighted by Crippen LogP contribution is -2.27. The van der Waals surface area contributed by atoms with Gasteiger partial charge in [-0.2, -0.15) is 0 Å². The molecule has 0 spiro atoms. The second kappa shape index (κ2) is 8.53. The number of hydrogen-bond donors (Lipinski definition) is 2. The lowest BCUT2D eigenvalue weighted by atomic mass is 10.2. The summed E-state index contributed by atoms with van der Waals surface area (Å²) in [6.07, 6.45) is 2.68. The lowest BCUT2D eigenvalue weighted by Gasteiger charge is -2.24. The van der Waals surface area contributed by atoms with Gasteiger partial charge < -0.3 is 15.3 Å². The molecule has 0 radical (unpaired) electrons. The summed E-state index contributed by atoms with van der Waals surface area (Å²) in [5.74, 6) is 0.0133. The summed E-state index contributed by atoms with van der Waals surface area (Å²) in [6, 6.07) is 7.77. The number of amides is 1. The van der Waals surface area contributed by atoms with Crippen LogP contribution in [0.15, 0.2) is 24.3 Å². The van der Waals surface area contributed by atoms with E-state index in [2.05, 4.69) is 17.1 Å². The number of carbonyl (C=O) groups is 1. The monoisotopic (exact) mass is 264 g/mol. The second-order valence-electron chi connectivity index (χ2n) is 4.52. The Hall–Kier alpha value is -1.55. The van der Waals surface area contributed by atoms with Crippen LogP contribution in [0.5, 0.6) is 0 Å². The van der Waals surface area contributed by atoms with E-state index in [1.165, 1.54) is 0 Å². The molecule has 1 aromatic rings. The smallest absolute Gasteiger partial charge is 0.224 e. The van der Waals surface area contributed by atoms with Crippen molar-refractivity contribution >= 4 is 17.3 Å². The van der Waals surface area contributed by atoms with Gasteiger partial charge in [0.15, 0.2) is 0 Å². The summed E-state index contributed by atoms with van der Waals surface area (Å²) in [6.45, 7) is 5.65. The standard InChI is InChI=1S/C15H24N2O2/c1-3-5-9-17(10-11-18)14-8-6-7-13(12-14)16-15(19)4-2/h6-8,12,18H,3-5,9-11H2,1-2H3,(H,16,19). The highest BCUT2D eigenvalue weighted by atomic mass is 16.3. The fourth-order valence-corrected chi connectivity index (χ4v) is 1.87. The second-order valence-corrected chi connectivity index (χ2v) is 4.52. The Labute approximate surface area is 115 Å². The fourth-order valence-electron chi connectivity index (χ4n) is 1.87. The maximum Gasteiger partial charge on any atom is 0.224 e. The van der Waals surface area contributed by atoms with Crippen molar-refractivity contribution in [2.45, 2.75) is 33.1 Å². The van der Waals surface area contributed by atoms with E-state index >= 15 is 0 Å². The van der Waals surface area contributed by atoms with Crippen LogP contribution < -0.4 is 10.2 Å². The molecular formula is C15H24N2O2. The summed E-state index contributed by atoms with van der Waals surface area (Å²) in [5, 5.41) is 12.0. The molecule has 4 nitrogen and oxygen atoms in total. The predicted octanol–water partition coefficient (Wildman–Crippen LogP) is 2.63. The maximum absolute atomic E-state index is 11.4. The van der Waals surface area contributed by atoms with Gasteiger partial charge in [0.2, 0.25) is 5.91 Å². The Morgan fingerprint density at radius 1 is 1.32 bits per heavy atom. The van der Waals surface area contributed by atoms with Crippen LogP contribution in [0.1, 0.15) is 33.1 Å². The van der Waals surface area contributed by atoms with Gasteiger partial charge in [-0.05, 0) is 24.6 Å². The van der Waals surface area contributed by atoms with Crippen molar-refractivity contribution < 1.29 is 9.90 Å². The summed E-state index contributed by atoms with van der Waals surface area (Å²) in [4.78, 5) is 13.5. The topological polar surface area (TPSA) is 52.6 Å². The molecule has 0 heterocycles. The SMILES string of the molecule is CCCCN(CCO)c1cccc(NC(=O)CC)c1. The molecule has 1 aromatic carbocycles. The Bertz CT molecular complexity index is 393. The van der Waals surface area contributed by atoms with E-state index in [1.54, 1.807) is 0 Å². The molecular weight excluding hydrogens is 240 g/mol. The molecule has 1 amide bonds. The van der Waals surface area contributed by atoms with Gasteiger partial charge in [0.05, 0.1) is 6.61 Å². The average Bonchev–Trinajstić information content (AvgIpc) is 2.43. The molecule has 0 aliphatic heterocycles. The molecule has 19 heavy (non-hydrogen) atoms. The summed E-state index contributed by atoms with van der Waals surface area (Å²) < 4.78 is 0. The number of unbranched alkanes of at least 4 members (excludes halogenated alkanes) is 1. The van der Waals surface area contributed by atoms with Crippen molar-refractivity contribution in [3.63, 3.8) is 0 Å². The van der Waals surface area contributed by atoms with Crippen molar-refractivity contribution in [1.29, 1.82) is 0 Å².